The van der Waals surface area contributed by atoms with Crippen LogP contribution in [0, 0.1) is 5.41 Å². The predicted octanol–water partition coefficient (Wildman–Crippen LogP) is 2.11. The Morgan fingerprint density at radius 1 is 1.28 bits per heavy atom. The first-order valence-corrected chi connectivity index (χ1v) is 8.64. The van der Waals surface area contributed by atoms with Crippen LogP contribution >= 0.6 is 0 Å². The van der Waals surface area contributed by atoms with Crippen molar-refractivity contribution in [2.75, 3.05) is 26.2 Å². The largest absolute Gasteiger partial charge is 0.393 e. The number of aromatic nitrogens is 2. The molecule has 0 saturated carbocycles. The van der Waals surface area contributed by atoms with Gasteiger partial charge in [-0.2, -0.15) is 8.78 Å². The van der Waals surface area contributed by atoms with Gasteiger partial charge in [-0.3, -0.25) is 14.3 Å². The molecule has 2 heterocycles. The van der Waals surface area contributed by atoms with E-state index >= 15 is 0 Å². The van der Waals surface area contributed by atoms with Crippen molar-refractivity contribution < 1.29 is 18.7 Å². The number of hydrogen-bond donors (Lipinski definition) is 1. The van der Waals surface area contributed by atoms with Crippen molar-refractivity contribution in [3.8, 4) is 0 Å². The van der Waals surface area contributed by atoms with Gasteiger partial charge in [-0.25, -0.2) is 4.98 Å². The van der Waals surface area contributed by atoms with Crippen LogP contribution in [-0.2, 0) is 11.3 Å². The van der Waals surface area contributed by atoms with E-state index in [0.717, 1.165) is 4.57 Å². The molecule has 1 aliphatic rings. The Balaban J connectivity index is 1.79. The average molecular weight is 358 g/mol. The number of alkyl halides is 2. The van der Waals surface area contributed by atoms with Gasteiger partial charge < -0.3 is 10.0 Å². The highest BCUT2D eigenvalue weighted by Gasteiger charge is 2.26. The van der Waals surface area contributed by atoms with E-state index in [0.29, 0.717) is 45.0 Å². The molecule has 8 heteroatoms. The molecular formula is C17H28F2N4O2. The van der Waals surface area contributed by atoms with Gasteiger partial charge >= 0.3 is 6.55 Å². The molecule has 6 nitrogen and oxygen atoms in total. The van der Waals surface area contributed by atoms with Crippen LogP contribution in [0.2, 0.25) is 0 Å². The summed E-state index contributed by atoms with van der Waals surface area (Å²) in [6, 6.07) is 0. The van der Waals surface area contributed by atoms with Gasteiger partial charge in [0.2, 0.25) is 5.91 Å². The molecule has 1 N–H and O–H groups in total. The summed E-state index contributed by atoms with van der Waals surface area (Å²) in [5.41, 5.74) is -0.0228. The fourth-order valence-electron chi connectivity index (χ4n) is 3.11. The number of aliphatic hydroxyl groups is 1. The minimum atomic E-state index is -2.59. The van der Waals surface area contributed by atoms with Gasteiger partial charge in [0.25, 0.3) is 0 Å². The molecule has 1 aromatic rings. The Morgan fingerprint density at radius 3 is 2.48 bits per heavy atom. The van der Waals surface area contributed by atoms with Gasteiger partial charge in [0.05, 0.1) is 19.1 Å². The standard InChI is InChI=1S/C17H28F2N4O2/c1-17(2,3)11-13(24)10-15(25)22-8-6-21(7-9-22)12-14-20-4-5-23(14)16(18)19/h4-5,13,16,24H,6-12H2,1-3H3. The van der Waals surface area contributed by atoms with Crippen LogP contribution in [0.4, 0.5) is 8.78 Å². The van der Waals surface area contributed by atoms with Crippen molar-refractivity contribution in [3.63, 3.8) is 0 Å². The second-order valence-corrected chi connectivity index (χ2v) is 7.81. The SMILES string of the molecule is CC(C)(C)CC(O)CC(=O)N1CCN(Cc2nccn2C(F)F)CC1. The number of hydrogen-bond acceptors (Lipinski definition) is 4. The number of nitrogens with zero attached hydrogens (tertiary/aromatic N) is 4. The lowest BCUT2D eigenvalue weighted by atomic mass is 9.88. The first kappa shape index (κ1) is 19.8. The molecular weight excluding hydrogens is 330 g/mol. The zero-order valence-electron chi connectivity index (χ0n) is 15.2. The third kappa shape index (κ3) is 6.04. The quantitative estimate of drug-likeness (QED) is 0.846. The molecule has 0 spiro atoms. The van der Waals surface area contributed by atoms with E-state index in [1.807, 2.05) is 25.7 Å². The lowest BCUT2D eigenvalue weighted by molar-refractivity contribution is -0.135. The number of aliphatic hydroxyl groups excluding tert-OH is 1. The Bertz CT molecular complexity index is 563. The predicted molar refractivity (Wildman–Crippen MR) is 90.0 cm³/mol. The van der Waals surface area contributed by atoms with Crippen molar-refractivity contribution >= 4 is 5.91 Å². The number of rotatable bonds is 6. The van der Waals surface area contributed by atoms with Crippen LogP contribution in [0.5, 0.6) is 0 Å². The van der Waals surface area contributed by atoms with Crippen LogP contribution in [-0.4, -0.2) is 62.6 Å². The molecule has 2 rings (SSSR count). The van der Waals surface area contributed by atoms with Gasteiger partial charge in [0.1, 0.15) is 5.82 Å². The fraction of sp³-hybridized carbons (Fsp3) is 0.765. The normalized spacial score (nSPS) is 18.0. The van der Waals surface area contributed by atoms with E-state index in [1.54, 1.807) is 4.90 Å². The summed E-state index contributed by atoms with van der Waals surface area (Å²) in [6.07, 6.45) is 2.72. The molecule has 1 saturated heterocycles. The maximum absolute atomic E-state index is 12.8. The molecule has 1 fully saturated rings. The summed E-state index contributed by atoms with van der Waals surface area (Å²) in [5, 5.41) is 10.1. The molecule has 1 unspecified atom stereocenters. The third-order valence-corrected chi connectivity index (χ3v) is 4.31. The number of carbonyl (C=O) groups is 1. The minimum Gasteiger partial charge on any atom is -0.393 e. The Hall–Kier alpha value is -1.54. The first-order valence-electron chi connectivity index (χ1n) is 8.64. The van der Waals surface area contributed by atoms with E-state index in [9.17, 15) is 18.7 Å². The summed E-state index contributed by atoms with van der Waals surface area (Å²) >= 11 is 0. The summed E-state index contributed by atoms with van der Waals surface area (Å²) < 4.78 is 26.6. The zero-order valence-corrected chi connectivity index (χ0v) is 15.2. The fourth-order valence-corrected chi connectivity index (χ4v) is 3.11. The van der Waals surface area contributed by atoms with E-state index in [-0.39, 0.29) is 17.7 Å². The van der Waals surface area contributed by atoms with E-state index in [2.05, 4.69) is 4.98 Å². The molecule has 0 bridgehead atoms. The Kier molecular flexibility index (Phi) is 6.51. The second kappa shape index (κ2) is 8.23. The van der Waals surface area contributed by atoms with Gasteiger partial charge in [-0.05, 0) is 11.8 Å². The number of amides is 1. The van der Waals surface area contributed by atoms with Crippen molar-refractivity contribution in [2.45, 2.75) is 52.8 Å². The summed E-state index contributed by atoms with van der Waals surface area (Å²) in [5.74, 6) is 0.279. The van der Waals surface area contributed by atoms with Gasteiger partial charge in [0, 0.05) is 38.6 Å². The first-order chi connectivity index (χ1) is 11.7. The second-order valence-electron chi connectivity index (χ2n) is 7.81. The highest BCUT2D eigenvalue weighted by atomic mass is 19.3. The Labute approximate surface area is 147 Å². The third-order valence-electron chi connectivity index (χ3n) is 4.31. The Morgan fingerprint density at radius 2 is 1.92 bits per heavy atom. The van der Waals surface area contributed by atoms with E-state index in [4.69, 9.17) is 0 Å². The molecule has 1 aromatic heterocycles. The maximum atomic E-state index is 12.8. The van der Waals surface area contributed by atoms with Crippen molar-refractivity contribution in [1.82, 2.24) is 19.4 Å². The monoisotopic (exact) mass is 358 g/mol. The van der Waals surface area contributed by atoms with Crippen LogP contribution in [0.1, 0.15) is 46.0 Å². The van der Waals surface area contributed by atoms with Gasteiger partial charge in [-0.15, -0.1) is 0 Å². The molecule has 1 aliphatic heterocycles. The number of halogens is 2. The number of carbonyl (C=O) groups excluding carboxylic acids is 1. The molecule has 0 aromatic carbocycles. The molecule has 142 valence electrons. The topological polar surface area (TPSA) is 61.6 Å². The summed E-state index contributed by atoms with van der Waals surface area (Å²) in [6.45, 7) is 6.13. The van der Waals surface area contributed by atoms with Crippen LogP contribution < -0.4 is 0 Å². The van der Waals surface area contributed by atoms with E-state index in [1.165, 1.54) is 12.4 Å². The lowest BCUT2D eigenvalue weighted by Gasteiger charge is -2.35. The number of piperazine rings is 1. The molecule has 1 atom stereocenters. The van der Waals surface area contributed by atoms with Crippen LogP contribution in [0.25, 0.3) is 0 Å². The minimum absolute atomic E-state index is 0.0228. The lowest BCUT2D eigenvalue weighted by Crippen LogP contribution is -2.49. The van der Waals surface area contributed by atoms with Crippen molar-refractivity contribution in [3.05, 3.63) is 18.2 Å². The van der Waals surface area contributed by atoms with Gasteiger partial charge in [-0.1, -0.05) is 20.8 Å². The summed E-state index contributed by atoms with van der Waals surface area (Å²) in [7, 11) is 0. The molecule has 0 radical (unpaired) electrons. The summed E-state index contributed by atoms with van der Waals surface area (Å²) in [4.78, 5) is 20.0. The molecule has 25 heavy (non-hydrogen) atoms. The van der Waals surface area contributed by atoms with Crippen LogP contribution in [0.3, 0.4) is 0 Å². The van der Waals surface area contributed by atoms with Crippen LogP contribution in [0.15, 0.2) is 12.4 Å². The average Bonchev–Trinajstić information content (AvgIpc) is 2.94. The van der Waals surface area contributed by atoms with Crippen molar-refractivity contribution in [1.29, 1.82) is 0 Å². The maximum Gasteiger partial charge on any atom is 0.319 e. The molecule has 1 amide bonds. The van der Waals surface area contributed by atoms with Crippen molar-refractivity contribution in [2.24, 2.45) is 5.41 Å². The zero-order chi connectivity index (χ0) is 18.6. The number of imidazole rings is 1. The van der Waals surface area contributed by atoms with Gasteiger partial charge in [0.15, 0.2) is 0 Å². The highest BCUT2D eigenvalue weighted by molar-refractivity contribution is 5.76. The molecule has 0 aliphatic carbocycles. The van der Waals surface area contributed by atoms with E-state index < -0.39 is 12.7 Å². The highest BCUT2D eigenvalue weighted by Crippen LogP contribution is 2.22. The smallest absolute Gasteiger partial charge is 0.319 e.